The highest BCUT2D eigenvalue weighted by Crippen LogP contribution is 2.06. The van der Waals surface area contributed by atoms with E-state index in [2.05, 4.69) is 44.8 Å². The van der Waals surface area contributed by atoms with Gasteiger partial charge in [-0.25, -0.2) is 0 Å². The Morgan fingerprint density at radius 1 is 0.833 bits per heavy atom. The van der Waals surface area contributed by atoms with Gasteiger partial charge in [0.15, 0.2) is 0 Å². The fraction of sp³-hybridized carbons (Fsp3) is 1.00. The molecule has 0 aromatic heterocycles. The van der Waals surface area contributed by atoms with E-state index in [1.807, 2.05) is 0 Å². The number of hydrogen-bond acceptors (Lipinski definition) is 2. The van der Waals surface area contributed by atoms with Crippen LogP contribution in [0.15, 0.2) is 0 Å². The lowest BCUT2D eigenvalue weighted by Gasteiger charge is -2.22. The predicted molar refractivity (Wildman–Crippen MR) is 83.2 cm³/mol. The molecule has 0 aliphatic carbocycles. The van der Waals surface area contributed by atoms with Crippen molar-refractivity contribution in [3.05, 3.63) is 0 Å². The van der Waals surface area contributed by atoms with E-state index in [0.29, 0.717) is 12.1 Å². The molecule has 18 heavy (non-hydrogen) atoms. The van der Waals surface area contributed by atoms with Gasteiger partial charge >= 0.3 is 0 Å². The molecule has 110 valence electrons. The molecule has 0 spiro atoms. The van der Waals surface area contributed by atoms with Crippen molar-refractivity contribution in [2.75, 3.05) is 19.6 Å². The molecule has 0 amide bonds. The lowest BCUT2D eigenvalue weighted by molar-refractivity contribution is 0.287. The Kier molecular flexibility index (Phi) is 11.9. The Balaban J connectivity index is 3.54. The van der Waals surface area contributed by atoms with Crippen LogP contribution in [0, 0.1) is 0 Å². The lowest BCUT2D eigenvalue weighted by Crippen LogP contribution is -2.35. The average Bonchev–Trinajstić information content (AvgIpc) is 2.35. The second-order valence-corrected chi connectivity index (χ2v) is 5.63. The zero-order chi connectivity index (χ0) is 13.8. The van der Waals surface area contributed by atoms with Gasteiger partial charge in [-0.1, -0.05) is 40.0 Å². The van der Waals surface area contributed by atoms with Crippen molar-refractivity contribution >= 4 is 0 Å². The van der Waals surface area contributed by atoms with Crippen LogP contribution in [0.25, 0.3) is 0 Å². The SMILES string of the molecule is CCCCCC(C)NC(C)CCCN(CC)CC. The maximum Gasteiger partial charge on any atom is 0.00416 e. The summed E-state index contributed by atoms with van der Waals surface area (Å²) < 4.78 is 0. The third-order valence-corrected chi connectivity index (χ3v) is 3.82. The molecule has 1 N–H and O–H groups in total. The third-order valence-electron chi connectivity index (χ3n) is 3.82. The van der Waals surface area contributed by atoms with E-state index >= 15 is 0 Å². The van der Waals surface area contributed by atoms with E-state index in [1.54, 1.807) is 0 Å². The summed E-state index contributed by atoms with van der Waals surface area (Å²) in [5.41, 5.74) is 0. The van der Waals surface area contributed by atoms with Gasteiger partial charge in [-0.3, -0.25) is 0 Å². The van der Waals surface area contributed by atoms with Crippen molar-refractivity contribution < 1.29 is 0 Å². The van der Waals surface area contributed by atoms with Crippen LogP contribution in [0.1, 0.15) is 73.1 Å². The van der Waals surface area contributed by atoms with Gasteiger partial charge in [0, 0.05) is 12.1 Å². The number of unbranched alkanes of at least 4 members (excludes halogenated alkanes) is 2. The van der Waals surface area contributed by atoms with Crippen molar-refractivity contribution in [3.63, 3.8) is 0 Å². The van der Waals surface area contributed by atoms with Crippen molar-refractivity contribution in [1.82, 2.24) is 10.2 Å². The van der Waals surface area contributed by atoms with Crippen LogP contribution < -0.4 is 5.32 Å². The van der Waals surface area contributed by atoms with Gasteiger partial charge in [-0.05, 0) is 52.7 Å². The summed E-state index contributed by atoms with van der Waals surface area (Å²) in [6.07, 6.45) is 8.02. The zero-order valence-corrected chi connectivity index (χ0v) is 13.5. The molecule has 2 atom stereocenters. The fourth-order valence-corrected chi connectivity index (χ4v) is 2.51. The van der Waals surface area contributed by atoms with E-state index in [1.165, 1.54) is 58.2 Å². The predicted octanol–water partition coefficient (Wildman–Crippen LogP) is 4.06. The first-order chi connectivity index (χ1) is 8.63. The maximum absolute atomic E-state index is 3.73. The highest BCUT2D eigenvalue weighted by molar-refractivity contribution is 4.68. The summed E-state index contributed by atoms with van der Waals surface area (Å²) in [4.78, 5) is 2.51. The number of hydrogen-bond donors (Lipinski definition) is 1. The summed E-state index contributed by atoms with van der Waals surface area (Å²) in [5, 5.41) is 3.73. The van der Waals surface area contributed by atoms with Crippen LogP contribution in [0.2, 0.25) is 0 Å². The van der Waals surface area contributed by atoms with Crippen molar-refractivity contribution in [2.24, 2.45) is 0 Å². The minimum absolute atomic E-state index is 0.664. The van der Waals surface area contributed by atoms with Crippen LogP contribution in [0.4, 0.5) is 0 Å². The summed E-state index contributed by atoms with van der Waals surface area (Å²) >= 11 is 0. The van der Waals surface area contributed by atoms with Crippen molar-refractivity contribution in [3.8, 4) is 0 Å². The minimum Gasteiger partial charge on any atom is -0.312 e. The molecular weight excluding hydrogens is 220 g/mol. The van der Waals surface area contributed by atoms with Gasteiger partial charge in [-0.15, -0.1) is 0 Å². The smallest absolute Gasteiger partial charge is 0.00416 e. The second-order valence-electron chi connectivity index (χ2n) is 5.63. The molecule has 0 aliphatic heterocycles. The van der Waals surface area contributed by atoms with E-state index < -0.39 is 0 Å². The van der Waals surface area contributed by atoms with Crippen LogP contribution in [0.5, 0.6) is 0 Å². The van der Waals surface area contributed by atoms with Gasteiger partial charge in [0.05, 0.1) is 0 Å². The lowest BCUT2D eigenvalue weighted by atomic mass is 10.1. The zero-order valence-electron chi connectivity index (χ0n) is 13.5. The van der Waals surface area contributed by atoms with E-state index in [4.69, 9.17) is 0 Å². The Hall–Kier alpha value is -0.0800. The Morgan fingerprint density at radius 2 is 1.39 bits per heavy atom. The quantitative estimate of drug-likeness (QED) is 0.530. The first-order valence-corrected chi connectivity index (χ1v) is 8.12. The van der Waals surface area contributed by atoms with Crippen LogP contribution in [-0.4, -0.2) is 36.6 Å². The molecule has 2 unspecified atom stereocenters. The van der Waals surface area contributed by atoms with Gasteiger partial charge < -0.3 is 10.2 Å². The molecule has 0 rings (SSSR count). The molecule has 0 aromatic rings. The van der Waals surface area contributed by atoms with Crippen LogP contribution >= 0.6 is 0 Å². The molecule has 0 aliphatic rings. The first kappa shape index (κ1) is 17.9. The Morgan fingerprint density at radius 3 is 1.89 bits per heavy atom. The summed E-state index contributed by atoms with van der Waals surface area (Å²) in [7, 11) is 0. The Bertz CT molecular complexity index is 166. The summed E-state index contributed by atoms with van der Waals surface area (Å²) in [6.45, 7) is 15.1. The number of nitrogens with zero attached hydrogens (tertiary/aromatic N) is 1. The monoisotopic (exact) mass is 256 g/mol. The third kappa shape index (κ3) is 9.90. The van der Waals surface area contributed by atoms with Crippen molar-refractivity contribution in [1.29, 1.82) is 0 Å². The number of rotatable bonds is 12. The highest BCUT2D eigenvalue weighted by atomic mass is 15.1. The molecule has 0 radical (unpaired) electrons. The second kappa shape index (κ2) is 12.0. The molecule has 0 saturated heterocycles. The Labute approximate surface area is 116 Å². The van der Waals surface area contributed by atoms with Gasteiger partial charge in [-0.2, -0.15) is 0 Å². The van der Waals surface area contributed by atoms with Gasteiger partial charge in [0.2, 0.25) is 0 Å². The van der Waals surface area contributed by atoms with E-state index in [0.717, 1.165) is 0 Å². The molecule has 0 aromatic carbocycles. The molecule has 2 heteroatoms. The first-order valence-electron chi connectivity index (χ1n) is 8.12. The largest absolute Gasteiger partial charge is 0.312 e. The highest BCUT2D eigenvalue weighted by Gasteiger charge is 2.07. The van der Waals surface area contributed by atoms with E-state index in [-0.39, 0.29) is 0 Å². The standard InChI is InChI=1S/C16H36N2/c1-6-9-10-12-15(4)17-16(5)13-11-14-18(7-2)8-3/h15-17H,6-14H2,1-5H3. The molecule has 0 fully saturated rings. The molecule has 2 nitrogen and oxygen atoms in total. The normalized spacial score (nSPS) is 15.0. The van der Waals surface area contributed by atoms with Crippen LogP contribution in [0.3, 0.4) is 0 Å². The maximum atomic E-state index is 3.73. The number of nitrogens with one attached hydrogen (secondary N) is 1. The minimum atomic E-state index is 0.664. The van der Waals surface area contributed by atoms with Gasteiger partial charge in [0.25, 0.3) is 0 Å². The molecule has 0 heterocycles. The van der Waals surface area contributed by atoms with Gasteiger partial charge in [0.1, 0.15) is 0 Å². The van der Waals surface area contributed by atoms with Crippen LogP contribution in [-0.2, 0) is 0 Å². The van der Waals surface area contributed by atoms with Crippen molar-refractivity contribution in [2.45, 2.75) is 85.2 Å². The average molecular weight is 256 g/mol. The molecule has 0 bridgehead atoms. The van der Waals surface area contributed by atoms with E-state index in [9.17, 15) is 0 Å². The fourth-order valence-electron chi connectivity index (χ4n) is 2.51. The summed E-state index contributed by atoms with van der Waals surface area (Å²) in [5.74, 6) is 0. The summed E-state index contributed by atoms with van der Waals surface area (Å²) in [6, 6.07) is 1.34. The molecular formula is C16H36N2. The topological polar surface area (TPSA) is 15.3 Å². The molecule has 0 saturated carbocycles.